The van der Waals surface area contributed by atoms with Crippen LogP contribution in [0.5, 0.6) is 0 Å². The molecule has 2 rings (SSSR count). The van der Waals surface area contributed by atoms with Crippen molar-refractivity contribution in [1.29, 1.82) is 0 Å². The maximum absolute atomic E-state index is 4.04. The second kappa shape index (κ2) is 4.43. The second-order valence-electron chi connectivity index (χ2n) is 3.02. The third kappa shape index (κ3) is 2.80. The van der Waals surface area contributed by atoms with Gasteiger partial charge in [-0.15, -0.1) is 12.4 Å². The highest BCUT2D eigenvalue weighted by Crippen LogP contribution is 2.18. The van der Waals surface area contributed by atoms with E-state index < -0.39 is 0 Å². The van der Waals surface area contributed by atoms with Crippen LogP contribution in [0.2, 0.25) is 0 Å². The molecule has 1 N–H and O–H groups in total. The van der Waals surface area contributed by atoms with Gasteiger partial charge in [-0.1, -0.05) is 6.07 Å². The van der Waals surface area contributed by atoms with Gasteiger partial charge in [0.2, 0.25) is 0 Å². The van der Waals surface area contributed by atoms with E-state index in [9.17, 15) is 0 Å². The van der Waals surface area contributed by atoms with E-state index in [1.54, 1.807) is 6.20 Å². The molecular formula is C9H13ClN2. The predicted molar refractivity (Wildman–Crippen MR) is 51.3 cm³/mol. The van der Waals surface area contributed by atoms with Crippen LogP contribution in [0.1, 0.15) is 18.4 Å². The first-order valence-electron chi connectivity index (χ1n) is 4.07. The van der Waals surface area contributed by atoms with E-state index in [1.807, 2.05) is 12.3 Å². The highest BCUT2D eigenvalue weighted by atomic mass is 35.5. The van der Waals surface area contributed by atoms with Crippen LogP contribution in [-0.4, -0.2) is 11.0 Å². The first-order chi connectivity index (χ1) is 5.45. The molecule has 0 unspecified atom stereocenters. The van der Waals surface area contributed by atoms with Crippen LogP contribution >= 0.6 is 12.4 Å². The van der Waals surface area contributed by atoms with Crippen molar-refractivity contribution in [2.24, 2.45) is 0 Å². The topological polar surface area (TPSA) is 24.9 Å². The van der Waals surface area contributed by atoms with E-state index in [-0.39, 0.29) is 12.4 Å². The third-order valence-electron chi connectivity index (χ3n) is 1.90. The molecule has 0 spiro atoms. The van der Waals surface area contributed by atoms with Crippen LogP contribution in [0.15, 0.2) is 24.5 Å². The number of aromatic nitrogens is 1. The number of halogens is 1. The molecule has 2 nitrogen and oxygen atoms in total. The molecule has 1 aliphatic carbocycles. The Kier molecular flexibility index (Phi) is 3.50. The van der Waals surface area contributed by atoms with E-state index in [0.717, 1.165) is 12.6 Å². The minimum absolute atomic E-state index is 0. The molecule has 1 heterocycles. The third-order valence-corrected chi connectivity index (χ3v) is 1.90. The van der Waals surface area contributed by atoms with Gasteiger partial charge in [-0.3, -0.25) is 4.98 Å². The summed E-state index contributed by atoms with van der Waals surface area (Å²) in [5.74, 6) is 0. The highest BCUT2D eigenvalue weighted by molar-refractivity contribution is 5.85. The number of nitrogens with one attached hydrogen (secondary N) is 1. The summed E-state index contributed by atoms with van der Waals surface area (Å²) in [6, 6.07) is 4.86. The van der Waals surface area contributed by atoms with Crippen LogP contribution in [0.4, 0.5) is 0 Å². The van der Waals surface area contributed by atoms with Crippen LogP contribution in [0.3, 0.4) is 0 Å². The second-order valence-corrected chi connectivity index (χ2v) is 3.02. The molecule has 0 amide bonds. The molecule has 12 heavy (non-hydrogen) atoms. The van der Waals surface area contributed by atoms with Gasteiger partial charge in [0.15, 0.2) is 0 Å². The molecule has 1 saturated carbocycles. The molecule has 0 aliphatic heterocycles. The van der Waals surface area contributed by atoms with Gasteiger partial charge in [0, 0.05) is 25.0 Å². The molecule has 1 aliphatic rings. The van der Waals surface area contributed by atoms with Crippen molar-refractivity contribution in [2.75, 3.05) is 0 Å². The Balaban J connectivity index is 0.000000720. The smallest absolute Gasteiger partial charge is 0.0312 e. The lowest BCUT2D eigenvalue weighted by atomic mass is 10.3. The average molecular weight is 185 g/mol. The van der Waals surface area contributed by atoms with Gasteiger partial charge in [-0.2, -0.15) is 0 Å². The number of hydrogen-bond acceptors (Lipinski definition) is 2. The first-order valence-corrected chi connectivity index (χ1v) is 4.07. The van der Waals surface area contributed by atoms with Crippen LogP contribution in [-0.2, 0) is 6.54 Å². The Morgan fingerprint density at radius 2 is 2.33 bits per heavy atom. The first kappa shape index (κ1) is 9.49. The van der Waals surface area contributed by atoms with Gasteiger partial charge in [0.25, 0.3) is 0 Å². The van der Waals surface area contributed by atoms with Gasteiger partial charge in [-0.25, -0.2) is 0 Å². The summed E-state index contributed by atoms with van der Waals surface area (Å²) in [4.78, 5) is 4.04. The minimum Gasteiger partial charge on any atom is -0.310 e. The normalized spacial score (nSPS) is 15.3. The Labute approximate surface area is 78.8 Å². The lowest BCUT2D eigenvalue weighted by molar-refractivity contribution is 0.686. The average Bonchev–Trinajstić information content (AvgIpc) is 2.86. The summed E-state index contributed by atoms with van der Waals surface area (Å²) >= 11 is 0. The summed E-state index contributed by atoms with van der Waals surface area (Å²) in [5.41, 5.74) is 1.28. The van der Waals surface area contributed by atoms with E-state index in [4.69, 9.17) is 0 Å². The number of nitrogens with zero attached hydrogens (tertiary/aromatic N) is 1. The van der Waals surface area contributed by atoms with E-state index in [0.29, 0.717) is 0 Å². The van der Waals surface area contributed by atoms with Crippen molar-refractivity contribution in [3.8, 4) is 0 Å². The summed E-state index contributed by atoms with van der Waals surface area (Å²) in [7, 11) is 0. The van der Waals surface area contributed by atoms with Gasteiger partial charge in [0.05, 0.1) is 0 Å². The molecule has 1 fully saturated rings. The standard InChI is InChI=1S/C9H12N2.ClH/c1-2-8(6-10-5-1)7-11-9-3-4-9;/h1-2,5-6,9,11H,3-4,7H2;1H. The molecule has 0 atom stereocenters. The van der Waals surface area contributed by atoms with Gasteiger partial charge in [-0.05, 0) is 24.5 Å². The van der Waals surface area contributed by atoms with Crippen molar-refractivity contribution in [2.45, 2.75) is 25.4 Å². The monoisotopic (exact) mass is 184 g/mol. The fourth-order valence-electron chi connectivity index (χ4n) is 1.05. The Morgan fingerprint density at radius 3 is 2.92 bits per heavy atom. The zero-order valence-electron chi connectivity index (χ0n) is 6.86. The summed E-state index contributed by atoms with van der Waals surface area (Å²) < 4.78 is 0. The lowest BCUT2D eigenvalue weighted by Crippen LogP contribution is -2.15. The lowest BCUT2D eigenvalue weighted by Gasteiger charge is -2.00. The predicted octanol–water partition coefficient (Wildman–Crippen LogP) is 1.76. The van der Waals surface area contributed by atoms with E-state index in [2.05, 4.69) is 16.4 Å². The summed E-state index contributed by atoms with van der Waals surface area (Å²) in [6.07, 6.45) is 6.41. The van der Waals surface area contributed by atoms with E-state index in [1.165, 1.54) is 18.4 Å². The van der Waals surface area contributed by atoms with Crippen LogP contribution in [0.25, 0.3) is 0 Å². The molecule has 66 valence electrons. The molecule has 1 aromatic heterocycles. The molecule has 0 radical (unpaired) electrons. The zero-order chi connectivity index (χ0) is 7.52. The number of rotatable bonds is 3. The molecule has 3 heteroatoms. The molecule has 0 bridgehead atoms. The maximum atomic E-state index is 4.04. The van der Waals surface area contributed by atoms with Gasteiger partial charge in [0.1, 0.15) is 0 Å². The van der Waals surface area contributed by atoms with Crippen LogP contribution < -0.4 is 5.32 Å². The van der Waals surface area contributed by atoms with Gasteiger partial charge >= 0.3 is 0 Å². The fourth-order valence-corrected chi connectivity index (χ4v) is 1.05. The van der Waals surface area contributed by atoms with Crippen LogP contribution in [0, 0.1) is 0 Å². The van der Waals surface area contributed by atoms with Crippen molar-refractivity contribution in [3.05, 3.63) is 30.1 Å². The SMILES string of the molecule is Cl.c1cncc(CNC2CC2)c1. The molecular weight excluding hydrogens is 172 g/mol. The molecule has 0 saturated heterocycles. The highest BCUT2D eigenvalue weighted by Gasteiger charge is 2.19. The summed E-state index contributed by atoms with van der Waals surface area (Å²) in [6.45, 7) is 0.971. The Morgan fingerprint density at radius 1 is 1.50 bits per heavy atom. The minimum atomic E-state index is 0. The Bertz CT molecular complexity index is 221. The zero-order valence-corrected chi connectivity index (χ0v) is 7.68. The quantitative estimate of drug-likeness (QED) is 0.775. The van der Waals surface area contributed by atoms with Crippen molar-refractivity contribution < 1.29 is 0 Å². The largest absolute Gasteiger partial charge is 0.310 e. The summed E-state index contributed by atoms with van der Waals surface area (Å²) in [5, 5.41) is 3.43. The maximum Gasteiger partial charge on any atom is 0.0312 e. The van der Waals surface area contributed by atoms with Crippen molar-refractivity contribution >= 4 is 12.4 Å². The molecule has 1 aromatic rings. The fraction of sp³-hybridized carbons (Fsp3) is 0.444. The van der Waals surface area contributed by atoms with E-state index >= 15 is 0 Å². The van der Waals surface area contributed by atoms with Gasteiger partial charge < -0.3 is 5.32 Å². The Hall–Kier alpha value is -0.600. The van der Waals surface area contributed by atoms with Crippen molar-refractivity contribution in [1.82, 2.24) is 10.3 Å². The molecule has 0 aromatic carbocycles. The number of hydrogen-bond donors (Lipinski definition) is 1. The van der Waals surface area contributed by atoms with Crippen molar-refractivity contribution in [3.63, 3.8) is 0 Å². The number of pyridine rings is 1.